The van der Waals surface area contributed by atoms with E-state index in [1.807, 2.05) is 0 Å². The first-order valence-electron chi connectivity index (χ1n) is 11.8. The first-order valence-corrected chi connectivity index (χ1v) is 11.8. The summed E-state index contributed by atoms with van der Waals surface area (Å²) in [7, 11) is 0. The number of aromatic hydroxyl groups is 1. The van der Waals surface area contributed by atoms with Gasteiger partial charge in [-0.25, -0.2) is 0 Å². The Morgan fingerprint density at radius 3 is 1.52 bits per heavy atom. The fraction of sp³-hybridized carbons (Fsp3) is 0.769. The lowest BCUT2D eigenvalue weighted by molar-refractivity contribution is 0.435. The van der Waals surface area contributed by atoms with Gasteiger partial charge in [0.25, 0.3) is 0 Å². The predicted octanol–water partition coefficient (Wildman–Crippen LogP) is 8.50. The number of phenolic OH excluding ortho intramolecular Hbond substituents is 1. The summed E-state index contributed by atoms with van der Waals surface area (Å²) in [4.78, 5) is 0. The Hall–Kier alpha value is -0.980. The zero-order valence-corrected chi connectivity index (χ0v) is 19.0. The van der Waals surface area contributed by atoms with E-state index in [0.29, 0.717) is 5.75 Å². The summed E-state index contributed by atoms with van der Waals surface area (Å²) >= 11 is 0. The molecular formula is C26H46O. The molecule has 0 atom stereocenters. The zero-order valence-electron chi connectivity index (χ0n) is 19.0. The second-order valence-electron chi connectivity index (χ2n) is 9.39. The summed E-state index contributed by atoms with van der Waals surface area (Å²) in [6, 6.07) is 4.50. The predicted molar refractivity (Wildman–Crippen MR) is 121 cm³/mol. The molecule has 0 bridgehead atoms. The Morgan fingerprint density at radius 2 is 1.04 bits per heavy atom. The largest absolute Gasteiger partial charge is 0.507 e. The molecule has 1 nitrogen and oxygen atoms in total. The molecule has 0 aliphatic heterocycles. The topological polar surface area (TPSA) is 20.2 Å². The maximum Gasteiger partial charge on any atom is 0.122 e. The van der Waals surface area contributed by atoms with Gasteiger partial charge < -0.3 is 5.11 Å². The van der Waals surface area contributed by atoms with E-state index in [2.05, 4.69) is 46.8 Å². The van der Waals surface area contributed by atoms with E-state index in [4.69, 9.17) is 0 Å². The van der Waals surface area contributed by atoms with Crippen molar-refractivity contribution in [3.63, 3.8) is 0 Å². The Morgan fingerprint density at radius 1 is 0.630 bits per heavy atom. The van der Waals surface area contributed by atoms with Gasteiger partial charge in [-0.2, -0.15) is 0 Å². The number of phenols is 1. The highest BCUT2D eigenvalue weighted by atomic mass is 16.3. The number of benzene rings is 1. The van der Waals surface area contributed by atoms with Crippen molar-refractivity contribution in [2.75, 3.05) is 0 Å². The lowest BCUT2D eigenvalue weighted by atomic mass is 9.80. The molecule has 0 amide bonds. The van der Waals surface area contributed by atoms with Crippen LogP contribution in [0.1, 0.15) is 128 Å². The molecule has 0 unspecified atom stereocenters. The van der Waals surface area contributed by atoms with Crippen molar-refractivity contribution in [2.24, 2.45) is 0 Å². The third-order valence-electron chi connectivity index (χ3n) is 5.70. The monoisotopic (exact) mass is 374 g/mol. The summed E-state index contributed by atoms with van der Waals surface area (Å²) in [6.07, 6.45) is 17.9. The van der Waals surface area contributed by atoms with Crippen LogP contribution in [0.25, 0.3) is 0 Å². The minimum Gasteiger partial charge on any atom is -0.507 e. The van der Waals surface area contributed by atoms with Gasteiger partial charge in [0.05, 0.1) is 0 Å². The van der Waals surface area contributed by atoms with E-state index in [9.17, 15) is 5.11 Å². The summed E-state index contributed by atoms with van der Waals surface area (Å²) < 4.78 is 0. The average Bonchev–Trinajstić information content (AvgIpc) is 2.61. The smallest absolute Gasteiger partial charge is 0.122 e. The Labute approximate surface area is 170 Å². The molecule has 0 saturated heterocycles. The van der Waals surface area contributed by atoms with Crippen LogP contribution < -0.4 is 0 Å². The standard InChI is InChI=1S/C26H46O/c1-6-8-10-12-14-16-18-22-20-21-23(19-17-15-13-11-9-7-2)25(27)24(22)26(3,4)5/h20-21,27H,6-19H2,1-5H3. The molecule has 0 aliphatic carbocycles. The van der Waals surface area contributed by atoms with Gasteiger partial charge in [-0.15, -0.1) is 0 Å². The Kier molecular flexibility index (Phi) is 11.8. The third kappa shape index (κ3) is 9.17. The van der Waals surface area contributed by atoms with Crippen molar-refractivity contribution in [1.29, 1.82) is 0 Å². The Balaban J connectivity index is 2.66. The summed E-state index contributed by atoms with van der Waals surface area (Å²) in [6.45, 7) is 11.2. The molecule has 1 heteroatoms. The quantitative estimate of drug-likeness (QED) is 0.324. The minimum absolute atomic E-state index is 0.00123. The highest BCUT2D eigenvalue weighted by Crippen LogP contribution is 2.37. The van der Waals surface area contributed by atoms with E-state index >= 15 is 0 Å². The molecule has 0 aliphatic rings. The normalized spacial score (nSPS) is 11.9. The number of unbranched alkanes of at least 4 members (excludes halogenated alkanes) is 10. The summed E-state index contributed by atoms with van der Waals surface area (Å²) in [5.41, 5.74) is 3.71. The fourth-order valence-electron chi connectivity index (χ4n) is 4.11. The molecule has 0 fully saturated rings. The van der Waals surface area contributed by atoms with Crippen LogP contribution in [0.15, 0.2) is 12.1 Å². The van der Waals surface area contributed by atoms with Gasteiger partial charge in [-0.3, -0.25) is 0 Å². The lowest BCUT2D eigenvalue weighted by Crippen LogP contribution is -2.15. The molecule has 0 heterocycles. The van der Waals surface area contributed by atoms with Crippen molar-refractivity contribution in [2.45, 2.75) is 130 Å². The van der Waals surface area contributed by atoms with Crippen molar-refractivity contribution >= 4 is 0 Å². The molecule has 0 spiro atoms. The first-order chi connectivity index (χ1) is 12.9. The van der Waals surface area contributed by atoms with Gasteiger partial charge in [-0.1, -0.05) is 111 Å². The molecular weight excluding hydrogens is 328 g/mol. The van der Waals surface area contributed by atoms with Gasteiger partial charge in [0.2, 0.25) is 0 Å². The van der Waals surface area contributed by atoms with Crippen molar-refractivity contribution in [3.05, 3.63) is 28.8 Å². The van der Waals surface area contributed by atoms with Gasteiger partial charge in [0.1, 0.15) is 5.75 Å². The fourth-order valence-corrected chi connectivity index (χ4v) is 4.11. The van der Waals surface area contributed by atoms with Crippen LogP contribution in [-0.2, 0) is 18.3 Å². The van der Waals surface area contributed by atoms with Crippen LogP contribution in [-0.4, -0.2) is 5.11 Å². The minimum atomic E-state index is -0.00123. The maximum atomic E-state index is 11.0. The molecule has 27 heavy (non-hydrogen) atoms. The second-order valence-corrected chi connectivity index (χ2v) is 9.39. The molecule has 1 N–H and O–H groups in total. The van der Waals surface area contributed by atoms with Crippen molar-refractivity contribution in [1.82, 2.24) is 0 Å². The van der Waals surface area contributed by atoms with Crippen LogP contribution in [0, 0.1) is 0 Å². The van der Waals surface area contributed by atoms with Crippen LogP contribution in [0.5, 0.6) is 5.75 Å². The third-order valence-corrected chi connectivity index (χ3v) is 5.70. The van der Waals surface area contributed by atoms with Crippen LogP contribution in [0.4, 0.5) is 0 Å². The molecule has 1 aromatic carbocycles. The van der Waals surface area contributed by atoms with Crippen LogP contribution in [0.3, 0.4) is 0 Å². The van der Waals surface area contributed by atoms with Gasteiger partial charge in [-0.05, 0) is 42.2 Å². The van der Waals surface area contributed by atoms with E-state index in [-0.39, 0.29) is 5.41 Å². The summed E-state index contributed by atoms with van der Waals surface area (Å²) in [5, 5.41) is 11.0. The van der Waals surface area contributed by atoms with Gasteiger partial charge in [0.15, 0.2) is 0 Å². The van der Waals surface area contributed by atoms with E-state index < -0.39 is 0 Å². The van der Waals surface area contributed by atoms with Gasteiger partial charge in [0, 0.05) is 5.56 Å². The Bertz CT molecular complexity index is 510. The SMILES string of the molecule is CCCCCCCCc1ccc(CCCCCCCC)c(C(C)(C)C)c1O. The summed E-state index contributed by atoms with van der Waals surface area (Å²) in [5.74, 6) is 0.583. The second kappa shape index (κ2) is 13.2. The highest BCUT2D eigenvalue weighted by Gasteiger charge is 2.23. The van der Waals surface area contributed by atoms with Crippen molar-refractivity contribution in [3.8, 4) is 5.75 Å². The lowest BCUT2D eigenvalue weighted by Gasteiger charge is -2.26. The van der Waals surface area contributed by atoms with Crippen LogP contribution in [0.2, 0.25) is 0 Å². The molecule has 1 rings (SSSR count). The number of hydrogen-bond acceptors (Lipinski definition) is 1. The molecule has 0 radical (unpaired) electrons. The number of rotatable bonds is 14. The first kappa shape index (κ1) is 24.1. The van der Waals surface area contributed by atoms with E-state index in [0.717, 1.165) is 18.4 Å². The van der Waals surface area contributed by atoms with Crippen LogP contribution >= 0.6 is 0 Å². The number of hydrogen-bond donors (Lipinski definition) is 1. The molecule has 156 valence electrons. The van der Waals surface area contributed by atoms with E-state index in [1.165, 1.54) is 88.2 Å². The number of aryl methyl sites for hydroxylation is 2. The van der Waals surface area contributed by atoms with Crippen molar-refractivity contribution < 1.29 is 5.11 Å². The average molecular weight is 375 g/mol. The van der Waals surface area contributed by atoms with Gasteiger partial charge >= 0.3 is 0 Å². The molecule has 0 aromatic heterocycles. The molecule has 0 saturated carbocycles. The maximum absolute atomic E-state index is 11.0. The molecule has 1 aromatic rings. The zero-order chi connectivity index (χ0) is 20.1. The highest BCUT2D eigenvalue weighted by molar-refractivity contribution is 5.49. The van der Waals surface area contributed by atoms with E-state index in [1.54, 1.807) is 0 Å².